The monoisotopic (exact) mass is 497 g/mol. The van der Waals surface area contributed by atoms with Gasteiger partial charge in [-0.3, -0.25) is 0 Å². The Morgan fingerprint density at radius 3 is 2.30 bits per heavy atom. The number of aromatic nitrogens is 1. The normalized spacial score (nSPS) is 29.3. The lowest BCUT2D eigenvalue weighted by Crippen LogP contribution is -2.62. The molecule has 1 aromatic heterocycles. The Morgan fingerprint density at radius 1 is 0.892 bits per heavy atom. The quantitative estimate of drug-likeness (QED) is 0.475. The van der Waals surface area contributed by atoms with E-state index in [-0.39, 0.29) is 17.6 Å². The van der Waals surface area contributed by atoms with Crippen molar-refractivity contribution in [2.75, 3.05) is 14.2 Å². The Kier molecular flexibility index (Phi) is 5.27. The molecule has 0 spiro atoms. The van der Waals surface area contributed by atoms with Crippen molar-refractivity contribution in [2.24, 2.45) is 17.8 Å². The maximum absolute atomic E-state index is 14.4. The second-order valence-corrected chi connectivity index (χ2v) is 11.7. The first-order chi connectivity index (χ1) is 18.1. The van der Waals surface area contributed by atoms with E-state index in [9.17, 15) is 4.79 Å². The molecule has 2 aromatic carbocycles. The molecule has 6 heteroatoms. The predicted molar refractivity (Wildman–Crippen MR) is 142 cm³/mol. The van der Waals surface area contributed by atoms with E-state index in [1.54, 1.807) is 14.2 Å². The van der Waals surface area contributed by atoms with Gasteiger partial charge in [-0.05, 0) is 97.7 Å². The van der Waals surface area contributed by atoms with Crippen LogP contribution in [0.1, 0.15) is 61.4 Å². The van der Waals surface area contributed by atoms with Gasteiger partial charge in [0, 0.05) is 17.4 Å². The van der Waals surface area contributed by atoms with Crippen LogP contribution in [0.4, 0.5) is 4.79 Å². The minimum absolute atomic E-state index is 0.0335. The molecule has 1 aliphatic heterocycles. The highest BCUT2D eigenvalue weighted by molar-refractivity contribution is 5.77. The zero-order valence-corrected chi connectivity index (χ0v) is 21.7. The average Bonchev–Trinajstić information content (AvgIpc) is 3.31. The summed E-state index contributed by atoms with van der Waals surface area (Å²) < 4.78 is 13.4. The van der Waals surface area contributed by atoms with Crippen LogP contribution in [0.3, 0.4) is 0 Å². The van der Waals surface area contributed by atoms with Crippen LogP contribution >= 0.6 is 0 Å². The SMILES string of the molecule is COc1ccc([C@@H]2c3cccn3-c3ccccc3CN2C(=O)NC23CC4CC(CC(C4)C2)C3)cc1OC. The van der Waals surface area contributed by atoms with Gasteiger partial charge in [-0.1, -0.05) is 24.3 Å². The lowest BCUT2D eigenvalue weighted by atomic mass is 9.53. The van der Waals surface area contributed by atoms with Crippen LogP contribution in [-0.4, -0.2) is 35.3 Å². The first-order valence-electron chi connectivity index (χ1n) is 13.6. The number of ether oxygens (including phenoxy) is 2. The predicted octanol–water partition coefficient (Wildman–Crippen LogP) is 6.08. The van der Waals surface area contributed by atoms with E-state index >= 15 is 0 Å². The maximum Gasteiger partial charge on any atom is 0.318 e. The summed E-state index contributed by atoms with van der Waals surface area (Å²) in [7, 11) is 3.31. The van der Waals surface area contributed by atoms with Crippen molar-refractivity contribution in [3.05, 3.63) is 77.6 Å². The zero-order valence-electron chi connectivity index (χ0n) is 21.7. The highest BCUT2D eigenvalue weighted by atomic mass is 16.5. The van der Waals surface area contributed by atoms with E-state index in [4.69, 9.17) is 9.47 Å². The number of amides is 2. The van der Waals surface area contributed by atoms with Crippen molar-refractivity contribution in [1.29, 1.82) is 0 Å². The van der Waals surface area contributed by atoms with E-state index < -0.39 is 0 Å². The van der Waals surface area contributed by atoms with Crippen molar-refractivity contribution in [1.82, 2.24) is 14.8 Å². The third kappa shape index (κ3) is 3.72. The molecule has 2 amide bonds. The topological polar surface area (TPSA) is 55.7 Å². The standard InChI is InChI=1S/C31H35N3O3/c1-36-27-10-9-23(15-28(27)37-2)29-26-8-5-11-33(26)25-7-4-3-6-24(25)19-34(29)30(35)32-31-16-20-12-21(17-31)14-22(13-20)18-31/h3-11,15,20-22,29H,12-14,16-19H2,1-2H3,(H,32,35)/t20?,21?,22?,29-,31?/m1/s1. The van der Waals surface area contributed by atoms with E-state index in [2.05, 4.69) is 58.5 Å². The number of hydrogen-bond donors (Lipinski definition) is 1. The number of hydrogen-bond acceptors (Lipinski definition) is 3. The molecule has 4 aliphatic carbocycles. The molecule has 8 rings (SSSR count). The number of nitrogens with zero attached hydrogens (tertiary/aromatic N) is 2. The summed E-state index contributed by atoms with van der Waals surface area (Å²) in [5.74, 6) is 3.67. The van der Waals surface area contributed by atoms with Gasteiger partial charge in [0.05, 0.1) is 32.5 Å². The van der Waals surface area contributed by atoms with Gasteiger partial charge in [0.25, 0.3) is 0 Å². The van der Waals surface area contributed by atoms with Gasteiger partial charge in [-0.15, -0.1) is 0 Å². The van der Waals surface area contributed by atoms with E-state index in [0.717, 1.165) is 59.5 Å². The van der Waals surface area contributed by atoms with Gasteiger partial charge in [-0.25, -0.2) is 4.79 Å². The summed E-state index contributed by atoms with van der Waals surface area (Å²) in [4.78, 5) is 16.4. The summed E-state index contributed by atoms with van der Waals surface area (Å²) in [5, 5.41) is 3.65. The summed E-state index contributed by atoms with van der Waals surface area (Å²) >= 11 is 0. The third-order valence-electron chi connectivity index (χ3n) is 9.36. The first kappa shape index (κ1) is 22.8. The number of para-hydroxylation sites is 1. The molecule has 1 atom stereocenters. The van der Waals surface area contributed by atoms with Crippen molar-refractivity contribution < 1.29 is 14.3 Å². The smallest absolute Gasteiger partial charge is 0.318 e. The molecule has 192 valence electrons. The molecule has 5 aliphatic rings. The number of benzene rings is 2. The molecule has 37 heavy (non-hydrogen) atoms. The van der Waals surface area contributed by atoms with Crippen molar-refractivity contribution in [3.8, 4) is 17.2 Å². The summed E-state index contributed by atoms with van der Waals surface area (Å²) in [6.45, 7) is 0.537. The fourth-order valence-corrected chi connectivity index (χ4v) is 8.28. The largest absolute Gasteiger partial charge is 0.493 e. The minimum Gasteiger partial charge on any atom is -0.493 e. The first-order valence-corrected chi connectivity index (χ1v) is 13.6. The Labute approximate surface area is 218 Å². The Balaban J connectivity index is 1.32. The van der Waals surface area contributed by atoms with Gasteiger partial charge in [0.15, 0.2) is 11.5 Å². The van der Waals surface area contributed by atoms with Gasteiger partial charge in [-0.2, -0.15) is 0 Å². The molecule has 1 N–H and O–H groups in total. The molecule has 0 unspecified atom stereocenters. The molecule has 4 fully saturated rings. The maximum atomic E-state index is 14.4. The molecule has 4 bridgehead atoms. The Bertz CT molecular complexity index is 1310. The summed E-state index contributed by atoms with van der Waals surface area (Å²) in [5.41, 5.74) is 4.28. The van der Waals surface area contributed by atoms with Crippen LogP contribution in [-0.2, 0) is 6.54 Å². The molecule has 6 nitrogen and oxygen atoms in total. The van der Waals surface area contributed by atoms with Crippen LogP contribution < -0.4 is 14.8 Å². The van der Waals surface area contributed by atoms with Gasteiger partial charge >= 0.3 is 6.03 Å². The van der Waals surface area contributed by atoms with Crippen LogP contribution in [0.25, 0.3) is 5.69 Å². The molecule has 2 heterocycles. The van der Waals surface area contributed by atoms with Crippen LogP contribution in [0.5, 0.6) is 11.5 Å². The molecule has 0 radical (unpaired) electrons. The van der Waals surface area contributed by atoms with Gasteiger partial charge in [0.1, 0.15) is 0 Å². The number of methoxy groups -OCH3 is 2. The third-order valence-corrected chi connectivity index (χ3v) is 9.36. The summed E-state index contributed by atoms with van der Waals surface area (Å²) in [6.07, 6.45) is 9.56. The zero-order chi connectivity index (χ0) is 25.1. The number of carbonyl (C=O) groups is 1. The molecule has 4 saturated carbocycles. The van der Waals surface area contributed by atoms with Crippen molar-refractivity contribution >= 4 is 6.03 Å². The average molecular weight is 498 g/mol. The summed E-state index contributed by atoms with van der Waals surface area (Å²) in [6, 6.07) is 18.4. The second kappa shape index (κ2) is 8.57. The lowest BCUT2D eigenvalue weighted by molar-refractivity contribution is -0.0163. The van der Waals surface area contributed by atoms with Crippen molar-refractivity contribution in [2.45, 2.75) is 56.7 Å². The molecular weight excluding hydrogens is 462 g/mol. The minimum atomic E-state index is -0.267. The number of urea groups is 1. The lowest BCUT2D eigenvalue weighted by Gasteiger charge is -2.57. The Morgan fingerprint density at radius 2 is 1.59 bits per heavy atom. The highest BCUT2D eigenvalue weighted by Crippen LogP contribution is 2.55. The Hall–Kier alpha value is -3.41. The number of carbonyl (C=O) groups excluding carboxylic acids is 1. The number of fused-ring (bicyclic) bond motifs is 3. The molecular formula is C31H35N3O3. The van der Waals surface area contributed by atoms with Crippen molar-refractivity contribution in [3.63, 3.8) is 0 Å². The van der Waals surface area contributed by atoms with E-state index in [1.165, 1.54) is 19.3 Å². The fraction of sp³-hybridized carbons (Fsp3) is 0.452. The number of nitrogens with one attached hydrogen (secondary N) is 1. The van der Waals surface area contributed by atoms with Gasteiger partial charge < -0.3 is 24.3 Å². The van der Waals surface area contributed by atoms with Crippen LogP contribution in [0.2, 0.25) is 0 Å². The van der Waals surface area contributed by atoms with Crippen LogP contribution in [0, 0.1) is 17.8 Å². The van der Waals surface area contributed by atoms with E-state index in [1.807, 2.05) is 17.0 Å². The van der Waals surface area contributed by atoms with E-state index in [0.29, 0.717) is 18.0 Å². The fourth-order valence-electron chi connectivity index (χ4n) is 8.28. The highest BCUT2D eigenvalue weighted by Gasteiger charge is 2.52. The molecule has 0 saturated heterocycles. The second-order valence-electron chi connectivity index (χ2n) is 11.7. The molecule has 3 aromatic rings. The van der Waals surface area contributed by atoms with Crippen LogP contribution in [0.15, 0.2) is 60.8 Å². The number of rotatable bonds is 4. The van der Waals surface area contributed by atoms with Gasteiger partial charge in [0.2, 0.25) is 0 Å².